The number of amides is 2. The Labute approximate surface area is 115 Å². The van der Waals surface area contributed by atoms with E-state index in [9.17, 15) is 18.0 Å². The maximum atomic E-state index is 12.8. The highest BCUT2D eigenvalue weighted by atomic mass is 19.4. The minimum atomic E-state index is -4.52. The molecule has 0 fully saturated rings. The molecule has 0 saturated carbocycles. The van der Waals surface area contributed by atoms with Crippen LogP contribution in [0.5, 0.6) is 0 Å². The van der Waals surface area contributed by atoms with Gasteiger partial charge in [0.2, 0.25) is 0 Å². The highest BCUT2D eigenvalue weighted by Gasteiger charge is 2.33. The smallest absolute Gasteiger partial charge is 0.333 e. The van der Waals surface area contributed by atoms with Gasteiger partial charge in [-0.25, -0.2) is 4.79 Å². The number of nitrogens with one attached hydrogen (secondary N) is 2. The molecule has 2 amide bonds. The van der Waals surface area contributed by atoms with Crippen LogP contribution < -0.4 is 16.4 Å². The van der Waals surface area contributed by atoms with Crippen LogP contribution in [0.2, 0.25) is 0 Å². The Bertz CT molecular complexity index is 472. The zero-order valence-electron chi connectivity index (χ0n) is 11.3. The number of rotatable bonds is 4. The zero-order chi connectivity index (χ0) is 15.4. The third-order valence-corrected chi connectivity index (χ3v) is 2.70. The predicted molar refractivity (Wildman–Crippen MR) is 71.3 cm³/mol. The summed E-state index contributed by atoms with van der Waals surface area (Å²) in [4.78, 5) is 11.8. The normalized spacial score (nSPS) is 12.1. The summed E-state index contributed by atoms with van der Waals surface area (Å²) in [6.45, 7) is 3.86. The van der Waals surface area contributed by atoms with Gasteiger partial charge in [0.15, 0.2) is 0 Å². The van der Waals surface area contributed by atoms with E-state index >= 15 is 0 Å². The number of urea groups is 1. The molecule has 0 aromatic heterocycles. The SMILES string of the molecule is CC(C)(CCN)NC(=O)Nc1ccccc1C(F)(F)F. The Morgan fingerprint density at radius 1 is 1.25 bits per heavy atom. The summed E-state index contributed by atoms with van der Waals surface area (Å²) in [5.74, 6) is 0. The molecule has 1 aromatic rings. The highest BCUT2D eigenvalue weighted by Crippen LogP contribution is 2.34. The van der Waals surface area contributed by atoms with Crippen molar-refractivity contribution in [3.05, 3.63) is 29.8 Å². The summed E-state index contributed by atoms with van der Waals surface area (Å²) >= 11 is 0. The standard InChI is InChI=1S/C13H18F3N3O/c1-12(2,7-8-17)19-11(20)18-10-6-4-3-5-9(10)13(14,15)16/h3-6H,7-8,17H2,1-2H3,(H2,18,19,20). The fourth-order valence-corrected chi connectivity index (χ4v) is 1.72. The molecule has 4 N–H and O–H groups in total. The lowest BCUT2D eigenvalue weighted by Crippen LogP contribution is -2.46. The van der Waals surface area contributed by atoms with Crippen LogP contribution >= 0.6 is 0 Å². The van der Waals surface area contributed by atoms with E-state index in [1.807, 2.05) is 0 Å². The van der Waals surface area contributed by atoms with Crippen molar-refractivity contribution in [1.29, 1.82) is 0 Å². The summed E-state index contributed by atoms with van der Waals surface area (Å²) < 4.78 is 38.3. The molecule has 0 saturated heterocycles. The molecule has 1 aromatic carbocycles. The van der Waals surface area contributed by atoms with Gasteiger partial charge in [-0.05, 0) is 38.9 Å². The minimum Gasteiger partial charge on any atom is -0.333 e. The summed E-state index contributed by atoms with van der Waals surface area (Å²) in [6.07, 6.45) is -4.00. The number of hydrogen-bond acceptors (Lipinski definition) is 2. The maximum Gasteiger partial charge on any atom is 0.418 e. The van der Waals surface area contributed by atoms with Gasteiger partial charge in [0, 0.05) is 5.54 Å². The molecule has 0 radical (unpaired) electrons. The first-order chi connectivity index (χ1) is 9.15. The number of nitrogens with two attached hydrogens (primary N) is 1. The van der Waals surface area contributed by atoms with Crippen molar-refractivity contribution >= 4 is 11.7 Å². The fourth-order valence-electron chi connectivity index (χ4n) is 1.72. The van der Waals surface area contributed by atoms with E-state index < -0.39 is 23.3 Å². The van der Waals surface area contributed by atoms with Crippen LogP contribution in [-0.4, -0.2) is 18.1 Å². The lowest BCUT2D eigenvalue weighted by molar-refractivity contribution is -0.136. The van der Waals surface area contributed by atoms with Gasteiger partial charge in [-0.2, -0.15) is 13.2 Å². The highest BCUT2D eigenvalue weighted by molar-refractivity contribution is 5.90. The van der Waals surface area contributed by atoms with Crippen molar-refractivity contribution in [1.82, 2.24) is 5.32 Å². The van der Waals surface area contributed by atoms with Gasteiger partial charge in [-0.1, -0.05) is 12.1 Å². The molecule has 1 rings (SSSR count). The third kappa shape index (κ3) is 4.73. The first kappa shape index (κ1) is 16.3. The number of carbonyl (C=O) groups is 1. The van der Waals surface area contributed by atoms with E-state index in [2.05, 4.69) is 10.6 Å². The second-order valence-corrected chi connectivity index (χ2v) is 5.05. The number of carbonyl (C=O) groups excluding carboxylic acids is 1. The molecule has 20 heavy (non-hydrogen) atoms. The Morgan fingerprint density at radius 3 is 2.40 bits per heavy atom. The number of alkyl halides is 3. The van der Waals surface area contributed by atoms with Gasteiger partial charge < -0.3 is 16.4 Å². The topological polar surface area (TPSA) is 67.1 Å². The van der Waals surface area contributed by atoms with E-state index in [1.165, 1.54) is 18.2 Å². The predicted octanol–water partition coefficient (Wildman–Crippen LogP) is 2.95. The van der Waals surface area contributed by atoms with Crippen LogP contribution in [-0.2, 0) is 6.18 Å². The summed E-state index contributed by atoms with van der Waals surface area (Å²) in [5, 5.41) is 4.81. The Balaban J connectivity index is 2.82. The molecular weight excluding hydrogens is 271 g/mol. The molecule has 112 valence electrons. The molecule has 7 heteroatoms. The first-order valence-electron chi connectivity index (χ1n) is 6.11. The lowest BCUT2D eigenvalue weighted by Gasteiger charge is -2.26. The molecule has 0 aliphatic rings. The van der Waals surface area contributed by atoms with Gasteiger partial charge in [0.05, 0.1) is 11.3 Å². The van der Waals surface area contributed by atoms with Crippen molar-refractivity contribution in [2.45, 2.75) is 32.0 Å². The third-order valence-electron chi connectivity index (χ3n) is 2.70. The average Bonchev–Trinajstić information content (AvgIpc) is 2.26. The largest absolute Gasteiger partial charge is 0.418 e. The van der Waals surface area contributed by atoms with Crippen molar-refractivity contribution in [3.63, 3.8) is 0 Å². The molecule has 0 unspecified atom stereocenters. The summed E-state index contributed by atoms with van der Waals surface area (Å²) in [6, 6.07) is 4.12. The molecule has 0 heterocycles. The Morgan fingerprint density at radius 2 is 1.85 bits per heavy atom. The van der Waals surface area contributed by atoms with Gasteiger partial charge in [0.25, 0.3) is 0 Å². The maximum absolute atomic E-state index is 12.8. The van der Waals surface area contributed by atoms with Gasteiger partial charge in [-0.3, -0.25) is 0 Å². The summed E-state index contributed by atoms with van der Waals surface area (Å²) in [5.41, 5.74) is 3.65. The van der Waals surface area contributed by atoms with Gasteiger partial charge in [-0.15, -0.1) is 0 Å². The van der Waals surface area contributed by atoms with Gasteiger partial charge in [0.1, 0.15) is 0 Å². The van der Waals surface area contributed by atoms with Crippen LogP contribution in [0.25, 0.3) is 0 Å². The van der Waals surface area contributed by atoms with E-state index in [1.54, 1.807) is 13.8 Å². The molecule has 0 aliphatic carbocycles. The molecule has 0 aliphatic heterocycles. The first-order valence-corrected chi connectivity index (χ1v) is 6.11. The van der Waals surface area contributed by atoms with Crippen molar-refractivity contribution in [2.24, 2.45) is 5.73 Å². The zero-order valence-corrected chi connectivity index (χ0v) is 11.3. The van der Waals surface area contributed by atoms with Crippen LogP contribution in [0, 0.1) is 0 Å². The molecule has 0 spiro atoms. The Hall–Kier alpha value is -1.76. The van der Waals surface area contributed by atoms with Crippen LogP contribution in [0.4, 0.5) is 23.7 Å². The number of para-hydroxylation sites is 1. The fraction of sp³-hybridized carbons (Fsp3) is 0.462. The second kappa shape index (κ2) is 6.13. The molecule has 0 bridgehead atoms. The minimum absolute atomic E-state index is 0.277. The van der Waals surface area contributed by atoms with Crippen LogP contribution in [0.1, 0.15) is 25.8 Å². The van der Waals surface area contributed by atoms with Crippen molar-refractivity contribution < 1.29 is 18.0 Å². The van der Waals surface area contributed by atoms with Crippen LogP contribution in [0.15, 0.2) is 24.3 Å². The van der Waals surface area contributed by atoms with Crippen molar-refractivity contribution in [3.8, 4) is 0 Å². The van der Waals surface area contributed by atoms with E-state index in [0.29, 0.717) is 13.0 Å². The Kier molecular flexibility index (Phi) is 4.99. The van der Waals surface area contributed by atoms with Crippen molar-refractivity contribution in [2.75, 3.05) is 11.9 Å². The number of hydrogen-bond donors (Lipinski definition) is 3. The van der Waals surface area contributed by atoms with E-state index in [-0.39, 0.29) is 5.69 Å². The van der Waals surface area contributed by atoms with Crippen LogP contribution in [0.3, 0.4) is 0 Å². The average molecular weight is 289 g/mol. The summed E-state index contributed by atoms with van der Waals surface area (Å²) in [7, 11) is 0. The molecular formula is C13H18F3N3O. The lowest BCUT2D eigenvalue weighted by atomic mass is 10.0. The molecule has 4 nitrogen and oxygen atoms in total. The molecule has 0 atom stereocenters. The number of anilines is 1. The number of benzene rings is 1. The quantitative estimate of drug-likeness (QED) is 0.797. The van der Waals surface area contributed by atoms with E-state index in [0.717, 1.165) is 6.07 Å². The monoisotopic (exact) mass is 289 g/mol. The number of halogens is 3. The van der Waals surface area contributed by atoms with Gasteiger partial charge >= 0.3 is 12.2 Å². The second-order valence-electron chi connectivity index (χ2n) is 5.05. The van der Waals surface area contributed by atoms with E-state index in [4.69, 9.17) is 5.73 Å².